The molecule has 0 aliphatic heterocycles. The summed E-state index contributed by atoms with van der Waals surface area (Å²) in [5.41, 5.74) is 25.3. The molecule has 3 heteroatoms. The maximum atomic E-state index is 2.51. The maximum Gasteiger partial charge on any atom is 0.0570 e. The number of rotatable bonds is 3. The van der Waals surface area contributed by atoms with E-state index in [1.165, 1.54) is 197 Å². The predicted molar refractivity (Wildman–Crippen MR) is 487 cm³/mol. The topological polar surface area (TPSA) is 14.8 Å². The van der Waals surface area contributed by atoms with Gasteiger partial charge >= 0.3 is 0 Å². The van der Waals surface area contributed by atoms with E-state index in [0.717, 1.165) is 38.9 Å². The van der Waals surface area contributed by atoms with Gasteiger partial charge in [-0.1, -0.05) is 319 Å². The first-order valence-corrected chi connectivity index (χ1v) is 41.4. The smallest absolute Gasteiger partial charge is 0.0570 e. The first kappa shape index (κ1) is 79.8. The molecule has 0 unspecified atom stereocenters. The van der Waals surface area contributed by atoms with E-state index in [4.69, 9.17) is 0 Å². The highest BCUT2D eigenvalue weighted by molar-refractivity contribution is 6.23. The first-order chi connectivity index (χ1) is 53.5. The number of benzene rings is 15. The lowest BCUT2D eigenvalue weighted by Crippen LogP contribution is -1.94. The van der Waals surface area contributed by atoms with Crippen LogP contribution < -0.4 is 0 Å². The van der Waals surface area contributed by atoms with Gasteiger partial charge in [0.1, 0.15) is 0 Å². The van der Waals surface area contributed by atoms with Crippen molar-refractivity contribution in [1.82, 2.24) is 13.7 Å². The van der Waals surface area contributed by atoms with Gasteiger partial charge in [0, 0.05) is 84.9 Å². The Morgan fingerprint density at radius 2 is 0.519 bits per heavy atom. The average molecular weight is 1420 g/mol. The lowest BCUT2D eigenvalue weighted by atomic mass is 9.97. The number of aromatic nitrogens is 3. The van der Waals surface area contributed by atoms with E-state index in [1.807, 2.05) is 125 Å². The highest BCUT2D eigenvalue weighted by atomic mass is 15.0. The van der Waals surface area contributed by atoms with Crippen LogP contribution in [0.2, 0.25) is 0 Å². The van der Waals surface area contributed by atoms with Crippen molar-refractivity contribution in [2.24, 2.45) is 0 Å². The van der Waals surface area contributed by atoms with Crippen molar-refractivity contribution in [3.05, 3.63) is 288 Å². The van der Waals surface area contributed by atoms with Crippen LogP contribution in [-0.2, 0) is 38.9 Å². The summed E-state index contributed by atoms with van der Waals surface area (Å²) in [6, 6.07) is 95.1. The lowest BCUT2D eigenvalue weighted by molar-refractivity contribution is 0.827. The molecule has 3 nitrogen and oxygen atoms in total. The van der Waals surface area contributed by atoms with Gasteiger partial charge in [-0.3, -0.25) is 0 Å². The average Bonchev–Trinajstić information content (AvgIpc) is 1.58. The van der Waals surface area contributed by atoms with E-state index in [2.05, 4.69) is 289 Å². The maximum absolute atomic E-state index is 2.51. The van der Waals surface area contributed by atoms with Crippen molar-refractivity contribution in [2.45, 2.75) is 184 Å². The van der Waals surface area contributed by atoms with Gasteiger partial charge in [-0.15, -0.1) is 0 Å². The number of fused-ring (bicyclic) bond motifs is 28. The molecule has 0 N–H and O–H groups in total. The fourth-order valence-corrected chi connectivity index (χ4v) is 16.8. The highest BCUT2D eigenvalue weighted by Crippen LogP contribution is 2.49. The molecular formula is C105H117N3. The van der Waals surface area contributed by atoms with Crippen LogP contribution >= 0.6 is 0 Å². The predicted octanol–water partition coefficient (Wildman–Crippen LogP) is 32.3. The van der Waals surface area contributed by atoms with Crippen molar-refractivity contribution < 1.29 is 0 Å². The minimum absolute atomic E-state index is 0.967. The second-order valence-electron chi connectivity index (χ2n) is 25.4. The molecule has 0 fully saturated rings. The van der Waals surface area contributed by atoms with Gasteiger partial charge in [0.05, 0.1) is 5.52 Å². The Morgan fingerprint density at radius 3 is 1.04 bits per heavy atom. The Hall–Kier alpha value is -10.7. The van der Waals surface area contributed by atoms with Crippen molar-refractivity contribution >= 4 is 130 Å². The van der Waals surface area contributed by atoms with E-state index in [0.29, 0.717) is 0 Å². The SMILES string of the molecule is CC.CC.CC.CC.CC.CC.CC.CC.CC.CCn1c2cc3c(cc2c2c4ccccc4ccc21)Cc1ccc2ccccc2c1-3.CCn1c2cc3c(cc2c2cc4ccccc4cc21)Cc1cc2ccccc2cc1-3.CCn1c2cc3c(cc2c2ccc4ccccc4c21)Cc1ccc2ccccc2c1-3. The Labute approximate surface area is 645 Å². The van der Waals surface area contributed by atoms with Gasteiger partial charge < -0.3 is 13.7 Å². The summed E-state index contributed by atoms with van der Waals surface area (Å²) in [5.74, 6) is 0. The summed E-state index contributed by atoms with van der Waals surface area (Å²) in [5, 5.41) is 24.3. The molecule has 552 valence electrons. The Balaban J connectivity index is 0.000000156. The fourth-order valence-electron chi connectivity index (χ4n) is 16.8. The molecule has 0 bridgehead atoms. The molecule has 108 heavy (non-hydrogen) atoms. The van der Waals surface area contributed by atoms with Gasteiger partial charge in [-0.25, -0.2) is 0 Å². The molecule has 21 rings (SSSR count). The molecule has 0 radical (unpaired) electrons. The zero-order valence-electron chi connectivity index (χ0n) is 68.8. The van der Waals surface area contributed by atoms with E-state index < -0.39 is 0 Å². The molecule has 15 aromatic carbocycles. The summed E-state index contributed by atoms with van der Waals surface area (Å²) in [6.45, 7) is 45.7. The molecule has 3 aromatic heterocycles. The Bertz CT molecular complexity index is 6090. The van der Waals surface area contributed by atoms with Crippen LogP contribution in [0.1, 0.15) is 179 Å². The standard InChI is InChI=1S/3C29H21N.9C2H6/c1-2-30-26-14-13-19-8-4-6-10-23(19)29(26)25-16-21-15-20-12-11-18-7-3-5-9-22(18)28(20)24(21)17-27(25)30;1-2-30-27-17-25-21(15-20-12-11-18-7-3-5-9-22(18)28(20)25)16-26(27)24-14-13-19-8-4-6-10-23(19)29(24)30;1-2-30-28-16-21-10-6-5-9-20(21)14-26(28)27-15-23-12-22-11-18-7-3-4-8-19(18)13-24(22)25(23)17-29(27)30;9*1-2/h2*3-14,16-17H,2,15H2,1H3;3-11,13-17H,2,12H2,1H3;9*1-2H3. The van der Waals surface area contributed by atoms with E-state index in [-0.39, 0.29) is 0 Å². The second kappa shape index (κ2) is 36.7. The summed E-state index contributed by atoms with van der Waals surface area (Å²) < 4.78 is 7.48. The minimum atomic E-state index is 0.967. The summed E-state index contributed by atoms with van der Waals surface area (Å²) in [6.07, 6.45) is 3.07. The molecule has 0 saturated carbocycles. The third kappa shape index (κ3) is 14.1. The van der Waals surface area contributed by atoms with Crippen LogP contribution in [0.25, 0.3) is 163 Å². The largest absolute Gasteiger partial charge is 0.341 e. The zero-order chi connectivity index (χ0) is 77.5. The van der Waals surface area contributed by atoms with Crippen LogP contribution in [0.4, 0.5) is 0 Å². The molecule has 3 heterocycles. The summed E-state index contributed by atoms with van der Waals surface area (Å²) in [4.78, 5) is 0. The van der Waals surface area contributed by atoms with Crippen LogP contribution in [-0.4, -0.2) is 13.7 Å². The molecule has 0 amide bonds. The molecule has 18 aromatic rings. The van der Waals surface area contributed by atoms with Crippen molar-refractivity contribution in [3.63, 3.8) is 0 Å². The van der Waals surface area contributed by atoms with Crippen LogP contribution in [0.15, 0.2) is 255 Å². The highest BCUT2D eigenvalue weighted by Gasteiger charge is 2.27. The van der Waals surface area contributed by atoms with E-state index in [1.54, 1.807) is 0 Å². The fraction of sp³-hybridized carbons (Fsp3) is 0.257. The first-order valence-electron chi connectivity index (χ1n) is 41.4. The van der Waals surface area contributed by atoms with Crippen LogP contribution in [0.3, 0.4) is 0 Å². The quantitative estimate of drug-likeness (QED) is 0.167. The minimum Gasteiger partial charge on any atom is -0.341 e. The zero-order valence-corrected chi connectivity index (χ0v) is 68.8. The number of hydrogen-bond donors (Lipinski definition) is 0. The van der Waals surface area contributed by atoms with Crippen molar-refractivity contribution in [1.29, 1.82) is 0 Å². The second-order valence-corrected chi connectivity index (χ2v) is 25.4. The molecule has 0 saturated heterocycles. The van der Waals surface area contributed by atoms with Gasteiger partial charge in [0.15, 0.2) is 0 Å². The normalized spacial score (nSPS) is 11.2. The third-order valence-electron chi connectivity index (χ3n) is 20.8. The number of nitrogens with zero attached hydrogens (tertiary/aromatic N) is 3. The Kier molecular flexibility index (Phi) is 27.1. The summed E-state index contributed by atoms with van der Waals surface area (Å²) >= 11 is 0. The van der Waals surface area contributed by atoms with E-state index >= 15 is 0 Å². The number of hydrogen-bond acceptors (Lipinski definition) is 0. The summed E-state index contributed by atoms with van der Waals surface area (Å²) in [7, 11) is 0. The Morgan fingerprint density at radius 1 is 0.204 bits per heavy atom. The molecule has 0 atom stereocenters. The molecule has 3 aliphatic carbocycles. The van der Waals surface area contributed by atoms with Gasteiger partial charge in [-0.2, -0.15) is 0 Å². The lowest BCUT2D eigenvalue weighted by Gasteiger charge is -2.09. The van der Waals surface area contributed by atoms with Crippen LogP contribution in [0, 0.1) is 0 Å². The molecule has 0 spiro atoms. The van der Waals surface area contributed by atoms with Crippen LogP contribution in [0.5, 0.6) is 0 Å². The van der Waals surface area contributed by atoms with Gasteiger partial charge in [0.2, 0.25) is 0 Å². The van der Waals surface area contributed by atoms with Crippen molar-refractivity contribution in [3.8, 4) is 33.4 Å². The monoisotopic (exact) mass is 1420 g/mol. The van der Waals surface area contributed by atoms with Gasteiger partial charge in [0.25, 0.3) is 0 Å². The van der Waals surface area contributed by atoms with Gasteiger partial charge in [-0.05, 0) is 227 Å². The number of aryl methyl sites for hydroxylation is 3. The molecule has 3 aliphatic rings. The van der Waals surface area contributed by atoms with E-state index in [9.17, 15) is 0 Å². The third-order valence-corrected chi connectivity index (χ3v) is 20.8. The molecular weight excluding hydrogens is 1300 g/mol. The van der Waals surface area contributed by atoms with Crippen molar-refractivity contribution in [2.75, 3.05) is 0 Å².